The van der Waals surface area contributed by atoms with E-state index in [-0.39, 0.29) is 41.0 Å². The second kappa shape index (κ2) is 10.5. The molecule has 224 valence electrons. The van der Waals surface area contributed by atoms with Gasteiger partial charge in [0.25, 0.3) is 5.91 Å². The minimum absolute atomic E-state index is 0.00571. The third-order valence-electron chi connectivity index (χ3n) is 10.1. The molecule has 7 rings (SSSR count). The third-order valence-corrected chi connectivity index (χ3v) is 10.1. The Balaban J connectivity index is 1.05. The number of anilines is 1. The quantitative estimate of drug-likeness (QED) is 0.463. The first-order valence-electron chi connectivity index (χ1n) is 15.5. The van der Waals surface area contributed by atoms with Crippen LogP contribution in [0.2, 0.25) is 0 Å². The van der Waals surface area contributed by atoms with Crippen molar-refractivity contribution in [3.63, 3.8) is 0 Å². The van der Waals surface area contributed by atoms with Crippen LogP contribution in [0.3, 0.4) is 0 Å². The van der Waals surface area contributed by atoms with Gasteiger partial charge in [-0.05, 0) is 36.0 Å². The van der Waals surface area contributed by atoms with E-state index in [2.05, 4.69) is 41.3 Å². The topological polar surface area (TPSA) is 90.8 Å². The van der Waals surface area contributed by atoms with Crippen molar-refractivity contribution in [3.8, 4) is 0 Å². The van der Waals surface area contributed by atoms with Crippen LogP contribution in [0, 0.1) is 22.7 Å². The smallest absolute Gasteiger partial charge is 0.257 e. The number of carbonyl (C=O) groups excluding carboxylic acids is 3. The van der Waals surface area contributed by atoms with E-state index < -0.39 is 5.41 Å². The Morgan fingerprint density at radius 1 is 0.907 bits per heavy atom. The van der Waals surface area contributed by atoms with E-state index in [1.54, 1.807) is 17.1 Å². The van der Waals surface area contributed by atoms with Gasteiger partial charge in [-0.1, -0.05) is 62.4 Å². The van der Waals surface area contributed by atoms with Crippen molar-refractivity contribution in [2.24, 2.45) is 22.7 Å². The maximum absolute atomic E-state index is 13.9. The minimum atomic E-state index is -0.424. The highest BCUT2D eigenvalue weighted by Gasteiger charge is 2.62. The average Bonchev–Trinajstić information content (AvgIpc) is 3.46. The second-order valence-electron chi connectivity index (χ2n) is 13.7. The Kier molecular flexibility index (Phi) is 6.78. The molecule has 3 aromatic rings. The van der Waals surface area contributed by atoms with Gasteiger partial charge in [-0.3, -0.25) is 19.1 Å². The zero-order valence-corrected chi connectivity index (χ0v) is 25.0. The van der Waals surface area contributed by atoms with Crippen molar-refractivity contribution in [3.05, 3.63) is 84.2 Å². The number of hydrogen-bond acceptors (Lipinski definition) is 5. The number of benzene rings is 2. The summed E-state index contributed by atoms with van der Waals surface area (Å²) in [5.74, 6) is -0.227. The second-order valence-corrected chi connectivity index (χ2v) is 13.7. The lowest BCUT2D eigenvalue weighted by atomic mass is 9.70. The van der Waals surface area contributed by atoms with Gasteiger partial charge in [0.2, 0.25) is 11.8 Å². The van der Waals surface area contributed by atoms with Crippen LogP contribution >= 0.6 is 0 Å². The fraction of sp³-hybridized carbons (Fsp3) is 0.471. The molecule has 1 aromatic heterocycles. The summed E-state index contributed by atoms with van der Waals surface area (Å²) < 4.78 is 1.78. The van der Waals surface area contributed by atoms with E-state index in [4.69, 9.17) is 0 Å². The Bertz CT molecular complexity index is 1510. The SMILES string of the molecule is CC1(C)C[C@@H]1C(=O)N1CC2(CN(C(=O)c3cnn(Cc4ccccc4)c3)C[C@H]2C(=O)N[C@H]2CCN(c3ccccc3)C2)C1. The van der Waals surface area contributed by atoms with Crippen LogP contribution in [0.5, 0.6) is 0 Å². The van der Waals surface area contributed by atoms with Crippen LogP contribution in [0.25, 0.3) is 0 Å². The van der Waals surface area contributed by atoms with Crippen molar-refractivity contribution < 1.29 is 14.4 Å². The highest BCUT2D eigenvalue weighted by Crippen LogP contribution is 2.54. The maximum atomic E-state index is 13.9. The summed E-state index contributed by atoms with van der Waals surface area (Å²) in [6, 6.07) is 20.4. The summed E-state index contributed by atoms with van der Waals surface area (Å²) in [7, 11) is 0. The molecule has 1 aliphatic carbocycles. The molecule has 3 amide bonds. The molecule has 1 N–H and O–H groups in total. The zero-order valence-electron chi connectivity index (χ0n) is 25.0. The molecule has 4 heterocycles. The van der Waals surface area contributed by atoms with Crippen molar-refractivity contribution in [1.82, 2.24) is 24.9 Å². The maximum Gasteiger partial charge on any atom is 0.257 e. The van der Waals surface area contributed by atoms with E-state index in [1.165, 1.54) is 0 Å². The number of nitrogens with one attached hydrogen (secondary N) is 1. The van der Waals surface area contributed by atoms with Gasteiger partial charge in [-0.25, -0.2) is 0 Å². The fourth-order valence-corrected chi connectivity index (χ4v) is 7.35. The van der Waals surface area contributed by atoms with Crippen LogP contribution in [-0.4, -0.2) is 82.6 Å². The highest BCUT2D eigenvalue weighted by molar-refractivity contribution is 5.95. The molecule has 9 nitrogen and oxygen atoms in total. The monoisotopic (exact) mass is 580 g/mol. The predicted octanol–water partition coefficient (Wildman–Crippen LogP) is 3.27. The summed E-state index contributed by atoms with van der Waals surface area (Å²) in [6.45, 7) is 8.36. The zero-order chi connectivity index (χ0) is 29.8. The summed E-state index contributed by atoms with van der Waals surface area (Å²) in [5.41, 5.74) is 2.43. The predicted molar refractivity (Wildman–Crippen MR) is 163 cm³/mol. The van der Waals surface area contributed by atoms with Gasteiger partial charge < -0.3 is 20.0 Å². The molecule has 0 bridgehead atoms. The number of hydrogen-bond donors (Lipinski definition) is 1. The van der Waals surface area contributed by atoms with Crippen LogP contribution in [0.15, 0.2) is 73.1 Å². The number of aromatic nitrogens is 2. The van der Waals surface area contributed by atoms with E-state index in [1.807, 2.05) is 58.3 Å². The van der Waals surface area contributed by atoms with E-state index in [0.717, 1.165) is 37.2 Å². The van der Waals surface area contributed by atoms with Crippen molar-refractivity contribution in [2.75, 3.05) is 44.2 Å². The van der Waals surface area contributed by atoms with Crippen LogP contribution in [0.4, 0.5) is 5.69 Å². The summed E-state index contributed by atoms with van der Waals surface area (Å²) in [4.78, 5) is 46.8. The van der Waals surface area contributed by atoms with E-state index >= 15 is 0 Å². The standard InChI is InChI=1S/C34H40N6O3/c1-33(2)15-28(33)32(43)39-22-34(23-39)21-38(31(42)25-16-35-40(18-25)17-24-9-5-3-6-10-24)20-29(34)30(41)36-26-13-14-37(19-26)27-11-7-4-8-12-27/h3-12,16,18,26,28-29H,13-15,17,19-23H2,1-2H3,(H,36,41)/t26-,28+,29-/m0/s1. The molecule has 43 heavy (non-hydrogen) atoms. The van der Waals surface area contributed by atoms with Gasteiger partial charge in [0.1, 0.15) is 0 Å². The number of para-hydroxylation sites is 1. The highest BCUT2D eigenvalue weighted by atomic mass is 16.2. The lowest BCUT2D eigenvalue weighted by Gasteiger charge is -2.50. The number of rotatable bonds is 7. The Morgan fingerprint density at radius 2 is 1.58 bits per heavy atom. The Labute approximate surface area is 252 Å². The first-order chi connectivity index (χ1) is 20.7. The molecule has 3 aliphatic heterocycles. The van der Waals surface area contributed by atoms with Gasteiger partial charge in [0, 0.05) is 68.5 Å². The number of carbonyl (C=O) groups is 3. The molecule has 9 heteroatoms. The summed E-state index contributed by atoms with van der Waals surface area (Å²) in [5, 5.41) is 7.77. The normalized spacial score (nSPS) is 25.1. The van der Waals surface area contributed by atoms with E-state index in [0.29, 0.717) is 38.3 Å². The lowest BCUT2D eigenvalue weighted by Crippen LogP contribution is -2.64. The molecular weight excluding hydrogens is 540 g/mol. The van der Waals surface area contributed by atoms with Gasteiger partial charge in [0.05, 0.1) is 24.2 Å². The van der Waals surface area contributed by atoms with Crippen LogP contribution in [-0.2, 0) is 16.1 Å². The average molecular weight is 581 g/mol. The first kappa shape index (κ1) is 27.7. The molecule has 4 aliphatic rings. The van der Waals surface area contributed by atoms with Crippen molar-refractivity contribution in [1.29, 1.82) is 0 Å². The van der Waals surface area contributed by atoms with Crippen molar-refractivity contribution >= 4 is 23.4 Å². The van der Waals surface area contributed by atoms with Crippen molar-refractivity contribution in [2.45, 2.75) is 39.3 Å². The largest absolute Gasteiger partial charge is 0.369 e. The summed E-state index contributed by atoms with van der Waals surface area (Å²) in [6.07, 6.45) is 5.20. The number of nitrogens with zero attached hydrogens (tertiary/aromatic N) is 5. The first-order valence-corrected chi connectivity index (χ1v) is 15.5. The van der Waals surface area contributed by atoms with Gasteiger partial charge in [0.15, 0.2) is 0 Å². The van der Waals surface area contributed by atoms with E-state index in [9.17, 15) is 14.4 Å². The lowest BCUT2D eigenvalue weighted by molar-refractivity contribution is -0.151. The Hall–Kier alpha value is -4.14. The van der Waals surface area contributed by atoms with Gasteiger partial charge >= 0.3 is 0 Å². The van der Waals surface area contributed by atoms with Gasteiger partial charge in [-0.2, -0.15) is 5.10 Å². The molecular formula is C34H40N6O3. The molecule has 3 saturated heterocycles. The minimum Gasteiger partial charge on any atom is -0.369 e. The molecule has 2 aromatic carbocycles. The molecule has 3 atom stereocenters. The molecule has 1 saturated carbocycles. The fourth-order valence-electron chi connectivity index (χ4n) is 7.35. The van der Waals surface area contributed by atoms with Crippen LogP contribution < -0.4 is 10.2 Å². The Morgan fingerprint density at radius 3 is 2.28 bits per heavy atom. The molecule has 1 spiro atoms. The van der Waals surface area contributed by atoms with Gasteiger partial charge in [-0.15, -0.1) is 0 Å². The van der Waals surface area contributed by atoms with Crippen LogP contribution in [0.1, 0.15) is 42.6 Å². The molecule has 0 unspecified atom stereocenters. The number of amides is 3. The number of likely N-dealkylation sites (tertiary alicyclic amines) is 2. The summed E-state index contributed by atoms with van der Waals surface area (Å²) >= 11 is 0. The third kappa shape index (κ3) is 5.30. The molecule has 0 radical (unpaired) electrons. The molecule has 4 fully saturated rings.